The monoisotopic (exact) mass is 393 g/mol. The van der Waals surface area contributed by atoms with E-state index in [1.165, 1.54) is 11.8 Å². The number of esters is 1. The highest BCUT2D eigenvalue weighted by atomic mass is 32.2. The summed E-state index contributed by atoms with van der Waals surface area (Å²) in [5.41, 5.74) is 3.23. The zero-order valence-electron chi connectivity index (χ0n) is 15.3. The molecule has 0 radical (unpaired) electrons. The number of amidine groups is 1. The van der Waals surface area contributed by atoms with E-state index in [2.05, 4.69) is 15.5 Å². The molecule has 0 aliphatic carbocycles. The minimum atomic E-state index is -0.450. The number of nitrogens with one attached hydrogen (secondary N) is 1. The molecule has 0 unspecified atom stereocenters. The lowest BCUT2D eigenvalue weighted by Crippen LogP contribution is -2.33. The van der Waals surface area contributed by atoms with Gasteiger partial charge in [0, 0.05) is 6.42 Å². The molecule has 1 amide bonds. The fraction of sp³-hybridized carbons (Fsp3) is 0.238. The Bertz CT molecular complexity index is 972. The molecule has 1 saturated heterocycles. The van der Waals surface area contributed by atoms with E-state index in [-0.39, 0.29) is 17.1 Å². The molecule has 2 aliphatic heterocycles. The molecule has 2 atom stereocenters. The first-order chi connectivity index (χ1) is 13.6. The predicted octanol–water partition coefficient (Wildman–Crippen LogP) is 2.97. The maximum Gasteiger partial charge on any atom is 0.339 e. The number of carbonyl (C=O) groups is 2. The van der Waals surface area contributed by atoms with Gasteiger partial charge in [0.2, 0.25) is 5.91 Å². The summed E-state index contributed by atoms with van der Waals surface area (Å²) < 4.78 is 5.48. The van der Waals surface area contributed by atoms with E-state index in [1.807, 2.05) is 48.5 Å². The van der Waals surface area contributed by atoms with Gasteiger partial charge >= 0.3 is 5.97 Å². The molecule has 0 aromatic heterocycles. The van der Waals surface area contributed by atoms with Crippen molar-refractivity contribution in [3.63, 3.8) is 0 Å². The lowest BCUT2D eigenvalue weighted by atomic mass is 9.97. The molecule has 0 spiro atoms. The Morgan fingerprint density at radius 2 is 1.89 bits per heavy atom. The molecule has 28 heavy (non-hydrogen) atoms. The first-order valence-corrected chi connectivity index (χ1v) is 9.90. The van der Waals surface area contributed by atoms with Crippen LogP contribution in [0.3, 0.4) is 0 Å². The molecular weight excluding hydrogens is 374 g/mol. The smallest absolute Gasteiger partial charge is 0.339 e. The average Bonchev–Trinajstić information content (AvgIpc) is 3.06. The van der Waals surface area contributed by atoms with Crippen LogP contribution >= 0.6 is 11.8 Å². The van der Waals surface area contributed by atoms with E-state index in [9.17, 15) is 9.59 Å². The molecule has 4 rings (SSSR count). The number of hydrogen-bond acceptors (Lipinski definition) is 6. The summed E-state index contributed by atoms with van der Waals surface area (Å²) in [5.74, 6) is -0.418. The van der Waals surface area contributed by atoms with Gasteiger partial charge in [-0.25, -0.2) is 4.79 Å². The quantitative estimate of drug-likeness (QED) is 0.492. The maximum atomic E-state index is 12.2. The number of thioether (sulfide) groups is 1. The first-order valence-electron chi connectivity index (χ1n) is 9.02. The molecule has 2 aromatic carbocycles. The van der Waals surface area contributed by atoms with Gasteiger partial charge < -0.3 is 10.1 Å². The van der Waals surface area contributed by atoms with Crippen LogP contribution in [-0.2, 0) is 22.4 Å². The van der Waals surface area contributed by atoms with E-state index in [0.717, 1.165) is 11.1 Å². The molecule has 142 valence electrons. The summed E-state index contributed by atoms with van der Waals surface area (Å²) in [7, 11) is 0. The van der Waals surface area contributed by atoms with Crippen LogP contribution in [-0.4, -0.2) is 34.1 Å². The van der Waals surface area contributed by atoms with Gasteiger partial charge in [-0.1, -0.05) is 60.3 Å². The van der Waals surface area contributed by atoms with Gasteiger partial charge in [-0.15, -0.1) is 5.10 Å². The van der Waals surface area contributed by atoms with Crippen molar-refractivity contribution in [1.82, 2.24) is 5.32 Å². The summed E-state index contributed by atoms with van der Waals surface area (Å²) in [6.45, 7) is 1.78. The highest BCUT2D eigenvalue weighted by molar-refractivity contribution is 8.15. The van der Waals surface area contributed by atoms with E-state index >= 15 is 0 Å². The molecule has 6 nitrogen and oxygen atoms in total. The SMILES string of the molecule is C/C(=N/N=C1\NC(=O)[C@H](Cc2ccccc2)S1)[C@@H]1Cc2ccccc2C(=O)O1. The Hall–Kier alpha value is -2.93. The third-order valence-corrected chi connectivity index (χ3v) is 5.77. The zero-order chi connectivity index (χ0) is 19.5. The van der Waals surface area contributed by atoms with Crippen molar-refractivity contribution in [2.75, 3.05) is 0 Å². The summed E-state index contributed by atoms with van der Waals surface area (Å²) in [4.78, 5) is 24.3. The molecule has 2 aromatic rings. The molecule has 1 N–H and O–H groups in total. The third-order valence-electron chi connectivity index (χ3n) is 4.70. The number of fused-ring (bicyclic) bond motifs is 1. The van der Waals surface area contributed by atoms with Crippen molar-refractivity contribution in [2.45, 2.75) is 31.1 Å². The molecule has 2 aliphatic rings. The highest BCUT2D eigenvalue weighted by Crippen LogP contribution is 2.24. The Morgan fingerprint density at radius 1 is 1.14 bits per heavy atom. The minimum Gasteiger partial charge on any atom is -0.452 e. The predicted molar refractivity (Wildman–Crippen MR) is 110 cm³/mol. The fourth-order valence-electron chi connectivity index (χ4n) is 3.17. The number of cyclic esters (lactones) is 1. The largest absolute Gasteiger partial charge is 0.452 e. The molecule has 0 bridgehead atoms. The van der Waals surface area contributed by atoms with Crippen LogP contribution in [0.25, 0.3) is 0 Å². The number of rotatable bonds is 4. The van der Waals surface area contributed by atoms with Crippen LogP contribution < -0.4 is 5.32 Å². The van der Waals surface area contributed by atoms with Gasteiger partial charge in [-0.2, -0.15) is 5.10 Å². The topological polar surface area (TPSA) is 80.1 Å². The van der Waals surface area contributed by atoms with Gasteiger partial charge in [0.1, 0.15) is 6.10 Å². The summed E-state index contributed by atoms with van der Waals surface area (Å²) >= 11 is 1.37. The molecular formula is C21H19N3O3S. The number of amides is 1. The average molecular weight is 393 g/mol. The van der Waals surface area contributed by atoms with Crippen LogP contribution in [0.2, 0.25) is 0 Å². The maximum absolute atomic E-state index is 12.2. The van der Waals surface area contributed by atoms with Crippen LogP contribution in [0.4, 0.5) is 0 Å². The van der Waals surface area contributed by atoms with Crippen LogP contribution in [0.5, 0.6) is 0 Å². The Morgan fingerprint density at radius 3 is 2.71 bits per heavy atom. The second kappa shape index (κ2) is 7.98. The van der Waals surface area contributed by atoms with Gasteiger partial charge in [0.05, 0.1) is 16.5 Å². The van der Waals surface area contributed by atoms with E-state index in [0.29, 0.717) is 29.3 Å². The third kappa shape index (κ3) is 3.99. The van der Waals surface area contributed by atoms with Gasteiger partial charge in [0.25, 0.3) is 0 Å². The van der Waals surface area contributed by atoms with Crippen molar-refractivity contribution in [1.29, 1.82) is 0 Å². The lowest BCUT2D eigenvalue weighted by Gasteiger charge is -2.23. The summed E-state index contributed by atoms with van der Waals surface area (Å²) in [6, 6.07) is 17.3. The molecule has 7 heteroatoms. The minimum absolute atomic E-state index is 0.0709. The van der Waals surface area contributed by atoms with Crippen molar-refractivity contribution in [3.05, 3.63) is 71.3 Å². The second-order valence-electron chi connectivity index (χ2n) is 6.69. The van der Waals surface area contributed by atoms with E-state index in [4.69, 9.17) is 4.74 Å². The van der Waals surface area contributed by atoms with Crippen molar-refractivity contribution >= 4 is 34.5 Å². The normalized spacial score (nSPS) is 23.3. The Kier molecular flexibility index (Phi) is 5.25. The second-order valence-corrected chi connectivity index (χ2v) is 7.88. The zero-order valence-corrected chi connectivity index (χ0v) is 16.1. The van der Waals surface area contributed by atoms with Gasteiger partial charge in [-0.3, -0.25) is 4.79 Å². The van der Waals surface area contributed by atoms with E-state index in [1.54, 1.807) is 13.0 Å². The molecule has 2 heterocycles. The van der Waals surface area contributed by atoms with Crippen molar-refractivity contribution in [2.24, 2.45) is 10.2 Å². The number of nitrogens with zero attached hydrogens (tertiary/aromatic N) is 2. The number of carbonyl (C=O) groups excluding carboxylic acids is 2. The summed E-state index contributed by atoms with van der Waals surface area (Å²) in [5, 5.41) is 11.4. The number of benzene rings is 2. The highest BCUT2D eigenvalue weighted by Gasteiger charge is 2.31. The molecule has 0 saturated carbocycles. The Labute approximate surface area is 167 Å². The number of hydrogen-bond donors (Lipinski definition) is 1. The van der Waals surface area contributed by atoms with Gasteiger partial charge in [-0.05, 0) is 30.5 Å². The van der Waals surface area contributed by atoms with E-state index < -0.39 is 6.10 Å². The van der Waals surface area contributed by atoms with Gasteiger partial charge in [0.15, 0.2) is 5.17 Å². The van der Waals surface area contributed by atoms with Crippen molar-refractivity contribution < 1.29 is 14.3 Å². The molecule has 1 fully saturated rings. The first kappa shape index (κ1) is 18.4. The number of ether oxygens (including phenoxy) is 1. The fourth-order valence-corrected chi connectivity index (χ4v) is 4.13. The van der Waals surface area contributed by atoms with Crippen LogP contribution in [0, 0.1) is 0 Å². The summed E-state index contributed by atoms with van der Waals surface area (Å²) in [6.07, 6.45) is 0.753. The van der Waals surface area contributed by atoms with Crippen molar-refractivity contribution in [3.8, 4) is 0 Å². The standard InChI is InChI=1S/C21H19N3O3S/c1-13(17-12-15-9-5-6-10-16(15)20(26)27-17)23-24-21-22-19(25)18(28-21)11-14-7-3-2-4-8-14/h2-10,17-18H,11-12H2,1H3,(H,22,24,25)/b23-13-/t17-,18-/m0/s1. The Balaban J connectivity index is 1.43. The van der Waals surface area contributed by atoms with Crippen LogP contribution in [0.1, 0.15) is 28.4 Å². The van der Waals surface area contributed by atoms with Crippen LogP contribution in [0.15, 0.2) is 64.8 Å². The lowest BCUT2D eigenvalue weighted by molar-refractivity contribution is -0.118.